The quantitative estimate of drug-likeness (QED) is 0.781. The molecule has 1 aromatic heterocycles. The van der Waals surface area contributed by atoms with Crippen molar-refractivity contribution in [3.8, 4) is 0 Å². The van der Waals surface area contributed by atoms with E-state index < -0.39 is 0 Å². The number of rotatable bonds is 1. The fourth-order valence-corrected chi connectivity index (χ4v) is 3.71. The lowest BCUT2D eigenvalue weighted by molar-refractivity contribution is 0.183. The minimum absolute atomic E-state index is 0.547. The zero-order valence-electron chi connectivity index (χ0n) is 8.59. The molecule has 0 radical (unpaired) electrons. The second-order valence-electron chi connectivity index (χ2n) is 3.90. The first-order valence-corrected chi connectivity index (χ1v) is 6.62. The molecule has 0 aliphatic carbocycles. The van der Waals surface area contributed by atoms with Gasteiger partial charge in [-0.25, -0.2) is 4.98 Å². The normalized spacial score (nSPS) is 24.1. The molecule has 1 unspecified atom stereocenters. The maximum absolute atomic E-state index is 4.58. The van der Waals surface area contributed by atoms with Crippen molar-refractivity contribution < 1.29 is 0 Å². The summed E-state index contributed by atoms with van der Waals surface area (Å²) in [7, 11) is 2.20. The summed E-state index contributed by atoms with van der Waals surface area (Å²) in [5.74, 6) is 0. The Bertz CT molecular complexity index is 324. The second kappa shape index (κ2) is 4.29. The molecule has 0 bridgehead atoms. The summed E-state index contributed by atoms with van der Waals surface area (Å²) in [6.07, 6.45) is 3.93. The smallest absolute Gasteiger partial charge is 0.159 e. The first kappa shape index (κ1) is 10.6. The van der Waals surface area contributed by atoms with E-state index in [9.17, 15) is 0 Å². The van der Waals surface area contributed by atoms with E-state index in [0.29, 0.717) is 6.04 Å². The number of halogens is 1. The number of hydrogen-bond donors (Lipinski definition) is 0. The molecule has 2 heterocycles. The van der Waals surface area contributed by atoms with Gasteiger partial charge in [-0.2, -0.15) is 0 Å². The Balaban J connectivity index is 2.24. The van der Waals surface area contributed by atoms with Crippen molar-refractivity contribution in [2.75, 3.05) is 13.6 Å². The number of aromatic nitrogens is 1. The van der Waals surface area contributed by atoms with Crippen LogP contribution in [-0.4, -0.2) is 23.5 Å². The maximum atomic E-state index is 4.58. The van der Waals surface area contributed by atoms with E-state index in [2.05, 4.69) is 39.8 Å². The van der Waals surface area contributed by atoms with E-state index in [4.69, 9.17) is 0 Å². The van der Waals surface area contributed by atoms with Crippen molar-refractivity contribution in [3.05, 3.63) is 14.5 Å². The van der Waals surface area contributed by atoms with Crippen molar-refractivity contribution in [2.24, 2.45) is 0 Å². The summed E-state index contributed by atoms with van der Waals surface area (Å²) >= 11 is 5.20. The molecular formula is C10H15BrN2S. The number of nitrogens with zero attached hydrogens (tertiary/aromatic N) is 2. The van der Waals surface area contributed by atoms with Gasteiger partial charge in [-0.05, 0) is 49.3 Å². The number of aryl methyl sites for hydroxylation is 1. The Morgan fingerprint density at radius 3 is 2.86 bits per heavy atom. The first-order chi connectivity index (χ1) is 6.68. The molecule has 14 heavy (non-hydrogen) atoms. The Kier molecular flexibility index (Phi) is 3.24. The molecule has 78 valence electrons. The average molecular weight is 275 g/mol. The molecule has 0 aromatic carbocycles. The minimum atomic E-state index is 0.547. The van der Waals surface area contributed by atoms with Gasteiger partial charge in [0.25, 0.3) is 0 Å². The van der Waals surface area contributed by atoms with E-state index in [1.807, 2.05) is 0 Å². The largest absolute Gasteiger partial charge is 0.298 e. The van der Waals surface area contributed by atoms with Crippen LogP contribution in [-0.2, 0) is 0 Å². The molecule has 1 aliphatic rings. The van der Waals surface area contributed by atoms with Gasteiger partial charge in [-0.15, -0.1) is 11.3 Å². The first-order valence-electron chi connectivity index (χ1n) is 5.01. The molecule has 1 fully saturated rings. The average Bonchev–Trinajstić information content (AvgIpc) is 2.46. The molecule has 1 aromatic rings. The summed E-state index contributed by atoms with van der Waals surface area (Å²) in [5.41, 5.74) is 1.28. The molecule has 0 saturated carbocycles. The fourth-order valence-electron chi connectivity index (χ4n) is 2.10. The zero-order chi connectivity index (χ0) is 10.1. The van der Waals surface area contributed by atoms with Crippen molar-refractivity contribution in [1.29, 1.82) is 0 Å². The highest BCUT2D eigenvalue weighted by Crippen LogP contribution is 2.34. The van der Waals surface area contributed by atoms with E-state index in [0.717, 1.165) is 3.92 Å². The van der Waals surface area contributed by atoms with Crippen LogP contribution in [0.4, 0.5) is 0 Å². The van der Waals surface area contributed by atoms with Crippen LogP contribution < -0.4 is 0 Å². The molecule has 0 N–H and O–H groups in total. The molecule has 0 spiro atoms. The van der Waals surface area contributed by atoms with Gasteiger partial charge in [-0.1, -0.05) is 6.42 Å². The summed E-state index contributed by atoms with van der Waals surface area (Å²) in [5, 5.41) is 0. The predicted octanol–water partition coefficient (Wildman–Crippen LogP) is 3.37. The third kappa shape index (κ3) is 2.02. The molecular weight excluding hydrogens is 260 g/mol. The van der Waals surface area contributed by atoms with Crippen LogP contribution in [0.5, 0.6) is 0 Å². The SMILES string of the molecule is Cc1sc(Br)nc1C1CCCCN1C. The molecule has 1 saturated heterocycles. The summed E-state index contributed by atoms with van der Waals surface area (Å²) < 4.78 is 1.02. The van der Waals surface area contributed by atoms with Crippen LogP contribution in [0.2, 0.25) is 0 Å². The van der Waals surface area contributed by atoms with Crippen LogP contribution in [0.3, 0.4) is 0 Å². The summed E-state index contributed by atoms with van der Waals surface area (Å²) in [6, 6.07) is 0.547. The Morgan fingerprint density at radius 1 is 1.50 bits per heavy atom. The van der Waals surface area contributed by atoms with Crippen LogP contribution in [0.1, 0.15) is 35.9 Å². The lowest BCUT2D eigenvalue weighted by Gasteiger charge is -2.31. The van der Waals surface area contributed by atoms with Gasteiger partial charge in [0, 0.05) is 4.88 Å². The third-order valence-corrected chi connectivity index (χ3v) is 4.33. The van der Waals surface area contributed by atoms with E-state index >= 15 is 0 Å². The highest BCUT2D eigenvalue weighted by molar-refractivity contribution is 9.11. The van der Waals surface area contributed by atoms with Crippen molar-refractivity contribution in [2.45, 2.75) is 32.2 Å². The number of thiazole rings is 1. The Morgan fingerprint density at radius 2 is 2.29 bits per heavy atom. The van der Waals surface area contributed by atoms with Gasteiger partial charge in [0.1, 0.15) is 0 Å². The zero-order valence-corrected chi connectivity index (χ0v) is 11.0. The molecule has 2 rings (SSSR count). The minimum Gasteiger partial charge on any atom is -0.298 e. The third-order valence-electron chi connectivity index (χ3n) is 2.89. The second-order valence-corrected chi connectivity index (χ2v) is 6.38. The van der Waals surface area contributed by atoms with Crippen LogP contribution >= 0.6 is 27.3 Å². The monoisotopic (exact) mass is 274 g/mol. The summed E-state index contributed by atoms with van der Waals surface area (Å²) in [6.45, 7) is 3.37. The lowest BCUT2D eigenvalue weighted by Crippen LogP contribution is -2.30. The van der Waals surface area contributed by atoms with E-state index in [-0.39, 0.29) is 0 Å². The highest BCUT2D eigenvalue weighted by Gasteiger charge is 2.24. The molecule has 1 atom stereocenters. The van der Waals surface area contributed by atoms with Gasteiger partial charge < -0.3 is 0 Å². The topological polar surface area (TPSA) is 16.1 Å². The van der Waals surface area contributed by atoms with Gasteiger partial charge in [0.05, 0.1) is 11.7 Å². The van der Waals surface area contributed by atoms with Crippen LogP contribution in [0.25, 0.3) is 0 Å². The highest BCUT2D eigenvalue weighted by atomic mass is 79.9. The van der Waals surface area contributed by atoms with Gasteiger partial charge in [0.15, 0.2) is 3.92 Å². The van der Waals surface area contributed by atoms with Gasteiger partial charge in [-0.3, -0.25) is 4.90 Å². The van der Waals surface area contributed by atoms with Crippen molar-refractivity contribution in [1.82, 2.24) is 9.88 Å². The van der Waals surface area contributed by atoms with Crippen LogP contribution in [0.15, 0.2) is 3.92 Å². The Hall–Kier alpha value is 0.0700. The number of hydrogen-bond acceptors (Lipinski definition) is 3. The maximum Gasteiger partial charge on any atom is 0.159 e. The Labute approximate surface area is 97.5 Å². The van der Waals surface area contributed by atoms with Crippen LogP contribution in [0, 0.1) is 6.92 Å². The fraction of sp³-hybridized carbons (Fsp3) is 0.700. The van der Waals surface area contributed by atoms with Gasteiger partial charge >= 0.3 is 0 Å². The predicted molar refractivity (Wildman–Crippen MR) is 63.8 cm³/mol. The molecule has 4 heteroatoms. The van der Waals surface area contributed by atoms with E-state index in [1.165, 1.54) is 36.4 Å². The summed E-state index contributed by atoms with van der Waals surface area (Å²) in [4.78, 5) is 8.36. The van der Waals surface area contributed by atoms with Crippen molar-refractivity contribution >= 4 is 27.3 Å². The molecule has 1 aliphatic heterocycles. The molecule has 2 nitrogen and oxygen atoms in total. The number of piperidine rings is 1. The number of likely N-dealkylation sites (tertiary alicyclic amines) is 1. The lowest BCUT2D eigenvalue weighted by atomic mass is 10.00. The standard InChI is InChI=1S/C10H15BrN2S/c1-7-9(12-10(11)14-7)8-5-3-4-6-13(8)2/h8H,3-6H2,1-2H3. The van der Waals surface area contributed by atoms with Crippen molar-refractivity contribution in [3.63, 3.8) is 0 Å². The molecule has 0 amide bonds. The van der Waals surface area contributed by atoms with Gasteiger partial charge in [0.2, 0.25) is 0 Å². The van der Waals surface area contributed by atoms with E-state index in [1.54, 1.807) is 11.3 Å².